The average Bonchev–Trinajstić information content (AvgIpc) is 2.68. The molecule has 4 N–H and O–H groups in total. The first-order chi connectivity index (χ1) is 13.7. The van der Waals surface area contributed by atoms with Crippen LogP contribution in [0.5, 0.6) is 0 Å². The molecule has 2 atom stereocenters. The minimum atomic E-state index is -1.60. The molecular weight excluding hydrogens is 425 g/mol. The third-order valence-electron chi connectivity index (χ3n) is 3.55. The molecule has 0 fully saturated rings. The molecule has 0 bridgehead atoms. The maximum Gasteiger partial charge on any atom is 0.255 e. The van der Waals surface area contributed by atoms with Crippen molar-refractivity contribution in [3.63, 3.8) is 0 Å². The predicted octanol–water partition coefficient (Wildman–Crippen LogP) is 5.00. The number of carbonyl (C=O) groups is 1. The summed E-state index contributed by atoms with van der Waals surface area (Å²) in [6.45, 7) is 5.38. The highest BCUT2D eigenvalue weighted by Gasteiger charge is 2.16. The van der Waals surface area contributed by atoms with Crippen LogP contribution in [0.15, 0.2) is 47.9 Å². The number of benzene rings is 2. The number of rotatable bonds is 7. The van der Waals surface area contributed by atoms with E-state index in [1.54, 1.807) is 13.0 Å². The Morgan fingerprint density at radius 2 is 1.86 bits per heavy atom. The Labute approximate surface area is 176 Å². The molecule has 158 valence electrons. The molecule has 0 radical (unpaired) electrons. The minimum Gasteiger partial charge on any atom is -0.393 e. The van der Waals surface area contributed by atoms with E-state index in [9.17, 15) is 23.1 Å². The van der Waals surface area contributed by atoms with Gasteiger partial charge in [-0.15, -0.1) is 18.3 Å². The number of aliphatic hydroxyl groups excluding tert-OH is 1. The number of halogens is 4. The van der Waals surface area contributed by atoms with E-state index < -0.39 is 29.5 Å². The molecular formula is C20H22ClF3N2O2S. The molecule has 0 aromatic heterocycles. The average molecular weight is 447 g/mol. The molecule has 2 aromatic rings. The quantitative estimate of drug-likeness (QED) is 0.318. The van der Waals surface area contributed by atoms with Crippen LogP contribution in [0.4, 0.5) is 18.9 Å². The second-order valence-corrected chi connectivity index (χ2v) is 7.52. The normalized spacial score (nSPS) is 12.4. The largest absolute Gasteiger partial charge is 0.393 e. The highest BCUT2D eigenvalue weighted by molar-refractivity contribution is 8.00. The maximum absolute atomic E-state index is 13.3. The number of carbonyl (C=O) groups excluding carboxylic acids is 1. The van der Waals surface area contributed by atoms with Crippen LogP contribution in [0.1, 0.15) is 23.7 Å². The summed E-state index contributed by atoms with van der Waals surface area (Å²) >= 11 is 7.50. The fourth-order valence-electron chi connectivity index (χ4n) is 2.26. The fourth-order valence-corrected chi connectivity index (χ4v) is 3.68. The van der Waals surface area contributed by atoms with Gasteiger partial charge in [0.25, 0.3) is 5.91 Å². The number of nitrogens with one attached hydrogen (secondary N) is 1. The Kier molecular flexibility index (Phi) is 10.2. The Balaban J connectivity index is 0.00000204. The molecule has 0 aliphatic heterocycles. The molecule has 0 aliphatic rings. The lowest BCUT2D eigenvalue weighted by Gasteiger charge is -2.15. The molecule has 1 amide bonds. The summed E-state index contributed by atoms with van der Waals surface area (Å²) in [5.41, 5.74) is 4.49. The van der Waals surface area contributed by atoms with Gasteiger partial charge in [0.05, 0.1) is 11.1 Å². The number of amides is 1. The van der Waals surface area contributed by atoms with Crippen molar-refractivity contribution in [2.45, 2.75) is 29.6 Å². The maximum atomic E-state index is 13.3. The number of thioether (sulfide) groups is 1. The molecule has 4 nitrogen and oxygen atoms in total. The molecule has 0 saturated carbocycles. The zero-order chi connectivity index (χ0) is 22.1. The van der Waals surface area contributed by atoms with E-state index in [2.05, 4.69) is 17.6 Å². The van der Waals surface area contributed by atoms with Crippen LogP contribution in [0.25, 0.3) is 0 Å². The van der Waals surface area contributed by atoms with Gasteiger partial charge in [0.15, 0.2) is 17.5 Å². The van der Waals surface area contributed by atoms with Gasteiger partial charge in [-0.3, -0.25) is 4.79 Å². The summed E-state index contributed by atoms with van der Waals surface area (Å²) in [6.07, 6.45) is 1.59. The van der Waals surface area contributed by atoms with E-state index in [-0.39, 0.29) is 16.5 Å². The van der Waals surface area contributed by atoms with Gasteiger partial charge in [-0.25, -0.2) is 13.2 Å². The van der Waals surface area contributed by atoms with Crippen molar-refractivity contribution in [2.24, 2.45) is 5.73 Å². The molecule has 29 heavy (non-hydrogen) atoms. The lowest BCUT2D eigenvalue weighted by Crippen LogP contribution is -2.13. The topological polar surface area (TPSA) is 75.3 Å². The van der Waals surface area contributed by atoms with Crippen molar-refractivity contribution < 1.29 is 23.1 Å². The Morgan fingerprint density at radius 1 is 1.28 bits per heavy atom. The second-order valence-electron chi connectivity index (χ2n) is 5.83. The first-order valence-electron chi connectivity index (χ1n) is 8.51. The van der Waals surface area contributed by atoms with E-state index in [1.807, 2.05) is 0 Å². The van der Waals surface area contributed by atoms with Crippen LogP contribution in [-0.4, -0.2) is 29.4 Å². The van der Waals surface area contributed by atoms with Gasteiger partial charge in [0, 0.05) is 33.5 Å². The fraction of sp³-hybridized carbons (Fsp3) is 0.250. The van der Waals surface area contributed by atoms with Crippen molar-refractivity contribution in [3.05, 3.63) is 71.0 Å². The van der Waals surface area contributed by atoms with Crippen molar-refractivity contribution in [1.29, 1.82) is 0 Å². The minimum absolute atomic E-state index is 0.124. The SMILES string of the molecule is C=C[C@H](CC(C)O)Sc1cc(C(=O)Nc2cc(F)c(F)c(F)c2)ccc1Cl.CN. The van der Waals surface area contributed by atoms with Crippen LogP contribution >= 0.6 is 23.4 Å². The van der Waals surface area contributed by atoms with Crippen molar-refractivity contribution >= 4 is 35.0 Å². The van der Waals surface area contributed by atoms with Gasteiger partial charge in [0.2, 0.25) is 0 Å². The van der Waals surface area contributed by atoms with E-state index >= 15 is 0 Å². The first-order valence-corrected chi connectivity index (χ1v) is 9.77. The summed E-state index contributed by atoms with van der Waals surface area (Å²) < 4.78 is 39.6. The number of anilines is 1. The zero-order valence-electron chi connectivity index (χ0n) is 15.9. The third-order valence-corrected chi connectivity index (χ3v) is 5.27. The molecule has 0 aliphatic carbocycles. The first kappa shape index (κ1) is 25.0. The van der Waals surface area contributed by atoms with E-state index in [4.69, 9.17) is 11.6 Å². The van der Waals surface area contributed by atoms with E-state index in [0.717, 1.165) is 0 Å². The Hall–Kier alpha value is -2.00. The molecule has 0 spiro atoms. The van der Waals surface area contributed by atoms with E-state index in [1.165, 1.54) is 37.0 Å². The van der Waals surface area contributed by atoms with Crippen LogP contribution in [-0.2, 0) is 0 Å². The van der Waals surface area contributed by atoms with Crippen LogP contribution in [0.2, 0.25) is 5.02 Å². The summed E-state index contributed by atoms with van der Waals surface area (Å²) in [5.74, 6) is -5.04. The van der Waals surface area contributed by atoms with Crippen molar-refractivity contribution in [1.82, 2.24) is 0 Å². The second kappa shape index (κ2) is 11.9. The highest BCUT2D eigenvalue weighted by Crippen LogP contribution is 2.33. The summed E-state index contributed by atoms with van der Waals surface area (Å²) in [5, 5.41) is 12.1. The summed E-state index contributed by atoms with van der Waals surface area (Å²) in [4.78, 5) is 12.9. The van der Waals surface area contributed by atoms with Crippen molar-refractivity contribution in [2.75, 3.05) is 12.4 Å². The predicted molar refractivity (Wildman–Crippen MR) is 112 cm³/mol. The van der Waals surface area contributed by atoms with Gasteiger partial charge in [-0.2, -0.15) is 0 Å². The lowest BCUT2D eigenvalue weighted by molar-refractivity contribution is 0.102. The molecule has 0 heterocycles. The van der Waals surface area contributed by atoms with Gasteiger partial charge in [-0.1, -0.05) is 17.7 Å². The van der Waals surface area contributed by atoms with Gasteiger partial charge in [-0.05, 0) is 38.6 Å². The lowest BCUT2D eigenvalue weighted by atomic mass is 10.2. The number of aliphatic hydroxyl groups is 1. The standard InChI is InChI=1S/C19H17ClF3NO2S.CH5N/c1-3-13(6-10(2)25)27-17-7-11(4-5-14(17)20)19(26)24-12-8-15(21)18(23)16(22)9-12;1-2/h3-5,7-10,13,25H,1,6H2,2H3,(H,24,26);2H2,1H3/t10?,13-;/m1./s1. The van der Waals surface area contributed by atoms with Crippen molar-refractivity contribution in [3.8, 4) is 0 Å². The van der Waals surface area contributed by atoms with E-state index in [0.29, 0.717) is 28.5 Å². The number of hydrogen-bond acceptors (Lipinski definition) is 4. The summed E-state index contributed by atoms with van der Waals surface area (Å²) in [6, 6.07) is 5.89. The zero-order valence-corrected chi connectivity index (χ0v) is 17.5. The smallest absolute Gasteiger partial charge is 0.255 e. The van der Waals surface area contributed by atoms with Gasteiger partial charge >= 0.3 is 0 Å². The summed E-state index contributed by atoms with van der Waals surface area (Å²) in [7, 11) is 1.50. The van der Waals surface area contributed by atoms with Crippen LogP contribution in [0.3, 0.4) is 0 Å². The molecule has 9 heteroatoms. The number of hydrogen-bond donors (Lipinski definition) is 3. The molecule has 2 rings (SSSR count). The van der Waals surface area contributed by atoms with Gasteiger partial charge in [0.1, 0.15) is 0 Å². The van der Waals surface area contributed by atoms with Gasteiger partial charge < -0.3 is 16.2 Å². The molecule has 1 unspecified atom stereocenters. The van der Waals surface area contributed by atoms with Crippen LogP contribution in [0, 0.1) is 17.5 Å². The monoisotopic (exact) mass is 446 g/mol. The number of nitrogens with two attached hydrogens (primary N) is 1. The molecule has 0 saturated heterocycles. The third kappa shape index (κ3) is 7.40. The molecule has 2 aromatic carbocycles. The highest BCUT2D eigenvalue weighted by atomic mass is 35.5. The Morgan fingerprint density at radius 3 is 2.38 bits per heavy atom. The van der Waals surface area contributed by atoms with Crippen LogP contribution < -0.4 is 11.1 Å². The Bertz CT molecular complexity index is 843.